The van der Waals surface area contributed by atoms with E-state index in [2.05, 4.69) is 14.5 Å². The van der Waals surface area contributed by atoms with Gasteiger partial charge in [-0.25, -0.2) is 9.67 Å². The molecule has 3 aromatic heterocycles. The molecule has 0 aliphatic rings. The predicted molar refractivity (Wildman–Crippen MR) is 87.8 cm³/mol. The normalized spacial score (nSPS) is 11.5. The Bertz CT molecular complexity index is 999. The van der Waals surface area contributed by atoms with Crippen LogP contribution >= 0.6 is 0 Å². The largest absolute Gasteiger partial charge is 0.333 e. The lowest BCUT2D eigenvalue weighted by Gasteiger charge is -2.06. The van der Waals surface area contributed by atoms with Gasteiger partial charge in [0.05, 0.1) is 18.1 Å². The molecule has 0 saturated heterocycles. The molecule has 0 radical (unpaired) electrons. The first kappa shape index (κ1) is 14.6. The molecule has 0 atom stereocenters. The summed E-state index contributed by atoms with van der Waals surface area (Å²) in [6.07, 6.45) is 4.63. The number of hydrogen-bond acceptors (Lipinski definition) is 2. The van der Waals surface area contributed by atoms with Gasteiger partial charge in [-0.05, 0) is 24.6 Å². The minimum Gasteiger partial charge on any atom is -0.297 e. The van der Waals surface area contributed by atoms with Crippen LogP contribution in [0.15, 0.2) is 61.1 Å². The van der Waals surface area contributed by atoms with E-state index in [1.165, 1.54) is 12.4 Å². The smallest absolute Gasteiger partial charge is 0.297 e. The van der Waals surface area contributed by atoms with Crippen LogP contribution in [-0.4, -0.2) is 19.2 Å². The second kappa shape index (κ2) is 5.56. The van der Waals surface area contributed by atoms with E-state index < -0.39 is 6.55 Å². The Morgan fingerprint density at radius 2 is 1.67 bits per heavy atom. The monoisotopic (exact) mass is 324 g/mol. The number of aryl methyl sites for hydroxylation is 1. The number of pyridine rings is 1. The maximum atomic E-state index is 12.6. The first-order valence-electron chi connectivity index (χ1n) is 7.50. The van der Waals surface area contributed by atoms with E-state index in [0.717, 1.165) is 28.2 Å². The number of rotatable bonds is 3. The summed E-state index contributed by atoms with van der Waals surface area (Å²) in [4.78, 5) is 4.43. The fraction of sp³-hybridized carbons (Fsp3) is 0.111. The van der Waals surface area contributed by atoms with Gasteiger partial charge in [-0.3, -0.25) is 4.40 Å². The van der Waals surface area contributed by atoms with Crippen molar-refractivity contribution >= 4 is 5.65 Å². The number of benzene rings is 1. The minimum atomic E-state index is -2.63. The molecule has 0 unspecified atom stereocenters. The van der Waals surface area contributed by atoms with Crippen molar-refractivity contribution in [1.82, 2.24) is 19.2 Å². The van der Waals surface area contributed by atoms with E-state index in [1.54, 1.807) is 0 Å². The van der Waals surface area contributed by atoms with Crippen LogP contribution in [0.1, 0.15) is 12.2 Å². The number of aromatic nitrogens is 4. The van der Waals surface area contributed by atoms with Crippen LogP contribution in [0.25, 0.3) is 28.0 Å². The number of hydrogen-bond donors (Lipinski definition) is 0. The third kappa shape index (κ3) is 2.36. The Kier molecular flexibility index (Phi) is 3.37. The highest BCUT2D eigenvalue weighted by Crippen LogP contribution is 2.26. The Balaban J connectivity index is 1.73. The maximum absolute atomic E-state index is 12.6. The number of fused-ring (bicyclic) bond motifs is 1. The second-order valence-corrected chi connectivity index (χ2v) is 5.57. The average molecular weight is 324 g/mol. The first-order valence-corrected chi connectivity index (χ1v) is 7.50. The Hall–Kier alpha value is -3.02. The molecule has 3 heterocycles. The lowest BCUT2D eigenvalue weighted by molar-refractivity contribution is 0.0566. The molecule has 4 aromatic rings. The van der Waals surface area contributed by atoms with Crippen molar-refractivity contribution in [1.29, 1.82) is 0 Å². The van der Waals surface area contributed by atoms with Crippen LogP contribution in [0, 0.1) is 6.92 Å². The number of alkyl halides is 2. The lowest BCUT2D eigenvalue weighted by Crippen LogP contribution is -1.96. The van der Waals surface area contributed by atoms with Crippen molar-refractivity contribution in [3.05, 3.63) is 66.7 Å². The van der Waals surface area contributed by atoms with Crippen LogP contribution in [0.2, 0.25) is 0 Å². The molecule has 0 aliphatic heterocycles. The zero-order valence-corrected chi connectivity index (χ0v) is 12.9. The van der Waals surface area contributed by atoms with Crippen LogP contribution in [0.5, 0.6) is 0 Å². The summed E-state index contributed by atoms with van der Waals surface area (Å²) in [5, 5.41) is 3.67. The summed E-state index contributed by atoms with van der Waals surface area (Å²) in [6.45, 7) is -0.593. The molecular formula is C18H14F2N4. The van der Waals surface area contributed by atoms with E-state index >= 15 is 0 Å². The summed E-state index contributed by atoms with van der Waals surface area (Å²) in [7, 11) is 0. The van der Waals surface area contributed by atoms with E-state index in [-0.39, 0.29) is 0 Å². The summed E-state index contributed by atoms with van der Waals surface area (Å²) >= 11 is 0. The van der Waals surface area contributed by atoms with Crippen molar-refractivity contribution in [3.8, 4) is 22.4 Å². The van der Waals surface area contributed by atoms with Crippen LogP contribution < -0.4 is 0 Å². The van der Waals surface area contributed by atoms with Gasteiger partial charge in [-0.2, -0.15) is 13.9 Å². The average Bonchev–Trinajstić information content (AvgIpc) is 3.23. The molecule has 0 saturated carbocycles. The third-order valence-electron chi connectivity index (χ3n) is 4.04. The molecule has 4 rings (SSSR count). The van der Waals surface area contributed by atoms with E-state index in [0.29, 0.717) is 10.2 Å². The zero-order valence-electron chi connectivity index (χ0n) is 12.9. The van der Waals surface area contributed by atoms with Gasteiger partial charge in [-0.15, -0.1) is 0 Å². The van der Waals surface area contributed by atoms with Gasteiger partial charge >= 0.3 is 6.55 Å². The zero-order chi connectivity index (χ0) is 16.7. The van der Waals surface area contributed by atoms with E-state index in [9.17, 15) is 8.78 Å². The molecule has 0 bridgehead atoms. The van der Waals surface area contributed by atoms with Gasteiger partial charge in [-0.1, -0.05) is 30.3 Å². The lowest BCUT2D eigenvalue weighted by atomic mass is 10.1. The third-order valence-corrected chi connectivity index (χ3v) is 4.04. The minimum absolute atomic E-state index is 0.650. The molecule has 0 spiro atoms. The second-order valence-electron chi connectivity index (χ2n) is 5.57. The van der Waals surface area contributed by atoms with Crippen molar-refractivity contribution in [3.63, 3.8) is 0 Å². The fourth-order valence-corrected chi connectivity index (χ4v) is 2.83. The first-order chi connectivity index (χ1) is 11.6. The molecule has 0 aliphatic carbocycles. The van der Waals surface area contributed by atoms with Gasteiger partial charge in [0.25, 0.3) is 0 Å². The van der Waals surface area contributed by atoms with Crippen molar-refractivity contribution in [2.24, 2.45) is 0 Å². The molecule has 6 heteroatoms. The van der Waals surface area contributed by atoms with Gasteiger partial charge in [0.1, 0.15) is 5.65 Å². The van der Waals surface area contributed by atoms with Crippen LogP contribution in [0.4, 0.5) is 8.78 Å². The standard InChI is InChI=1S/C18H14F2N4/c1-12-3-2-4-17-21-10-16(24(12)17)14-7-5-13(6-8-14)15-9-22-23(11-15)18(19)20/h2-11,18H,1H3. The quantitative estimate of drug-likeness (QED) is 0.553. The van der Waals surface area contributed by atoms with Crippen molar-refractivity contribution < 1.29 is 8.78 Å². The SMILES string of the molecule is Cc1cccc2ncc(-c3ccc(-c4cnn(C(F)F)c4)cc3)n12. The van der Waals surface area contributed by atoms with Crippen LogP contribution in [0.3, 0.4) is 0 Å². The summed E-state index contributed by atoms with van der Waals surface area (Å²) in [5.41, 5.74) is 5.52. The molecule has 0 N–H and O–H groups in total. The predicted octanol–water partition coefficient (Wildman–Crippen LogP) is 4.57. The van der Waals surface area contributed by atoms with Gasteiger partial charge in [0.2, 0.25) is 0 Å². The molecule has 1 aromatic carbocycles. The van der Waals surface area contributed by atoms with Crippen molar-refractivity contribution in [2.75, 3.05) is 0 Å². The van der Waals surface area contributed by atoms with Gasteiger partial charge in [0.15, 0.2) is 0 Å². The molecule has 120 valence electrons. The van der Waals surface area contributed by atoms with E-state index in [4.69, 9.17) is 0 Å². The highest BCUT2D eigenvalue weighted by molar-refractivity contribution is 5.69. The van der Waals surface area contributed by atoms with Gasteiger partial charge in [0, 0.05) is 23.0 Å². The maximum Gasteiger partial charge on any atom is 0.333 e. The van der Waals surface area contributed by atoms with Crippen molar-refractivity contribution in [2.45, 2.75) is 13.5 Å². The Labute approximate surface area is 137 Å². The molecule has 4 nitrogen and oxygen atoms in total. The molecule has 0 amide bonds. The summed E-state index contributed by atoms with van der Waals surface area (Å²) in [5.74, 6) is 0. The topological polar surface area (TPSA) is 35.1 Å². The molecule has 24 heavy (non-hydrogen) atoms. The highest BCUT2D eigenvalue weighted by atomic mass is 19.3. The molecule has 0 fully saturated rings. The van der Waals surface area contributed by atoms with Gasteiger partial charge < -0.3 is 0 Å². The van der Waals surface area contributed by atoms with E-state index in [1.807, 2.05) is 55.6 Å². The Morgan fingerprint density at radius 1 is 0.917 bits per heavy atom. The number of halogens is 2. The summed E-state index contributed by atoms with van der Waals surface area (Å²) in [6, 6.07) is 13.7. The Morgan fingerprint density at radius 3 is 2.38 bits per heavy atom. The summed E-state index contributed by atoms with van der Waals surface area (Å²) < 4.78 is 28.0. The molecular weight excluding hydrogens is 310 g/mol. The number of nitrogens with zero attached hydrogens (tertiary/aromatic N) is 4. The number of imidazole rings is 1. The van der Waals surface area contributed by atoms with Crippen LogP contribution in [-0.2, 0) is 0 Å². The highest BCUT2D eigenvalue weighted by Gasteiger charge is 2.10. The fourth-order valence-electron chi connectivity index (χ4n) is 2.83.